The van der Waals surface area contributed by atoms with Crippen LogP contribution in [0, 0.1) is 0 Å². The van der Waals surface area contributed by atoms with Gasteiger partial charge in [-0.1, -0.05) is 0 Å². The summed E-state index contributed by atoms with van der Waals surface area (Å²) < 4.78 is 5.66. The number of aromatic amines is 1. The van der Waals surface area contributed by atoms with Gasteiger partial charge in [0.25, 0.3) is 11.5 Å². The lowest BCUT2D eigenvalue weighted by molar-refractivity contribution is -0.140. The van der Waals surface area contributed by atoms with Crippen molar-refractivity contribution >= 4 is 27.8 Å². The normalized spacial score (nSPS) is 12.7. The van der Waals surface area contributed by atoms with E-state index in [9.17, 15) is 14.4 Å². The third-order valence-corrected chi connectivity index (χ3v) is 3.25. The molecule has 0 spiro atoms. The van der Waals surface area contributed by atoms with E-state index in [0.717, 1.165) is 0 Å². The number of H-pyrrole nitrogens is 1. The van der Waals surface area contributed by atoms with Gasteiger partial charge in [-0.15, -0.1) is 0 Å². The van der Waals surface area contributed by atoms with Gasteiger partial charge < -0.3 is 20.1 Å². The molecule has 0 aliphatic carbocycles. The van der Waals surface area contributed by atoms with Crippen molar-refractivity contribution in [3.05, 3.63) is 32.7 Å². The average molecular weight is 375 g/mol. The van der Waals surface area contributed by atoms with Gasteiger partial charge in [0, 0.05) is 19.2 Å². The van der Waals surface area contributed by atoms with E-state index in [1.54, 1.807) is 0 Å². The van der Waals surface area contributed by atoms with Crippen molar-refractivity contribution in [2.75, 3.05) is 6.61 Å². The van der Waals surface area contributed by atoms with E-state index in [0.29, 0.717) is 0 Å². The Morgan fingerprint density at radius 1 is 1.45 bits per heavy atom. The molecule has 0 fully saturated rings. The Kier molecular flexibility index (Phi) is 6.31. The third-order valence-electron chi connectivity index (χ3n) is 2.67. The molecule has 1 heterocycles. The van der Waals surface area contributed by atoms with E-state index in [2.05, 4.69) is 26.2 Å². The molecule has 1 unspecified atom stereocenters. The number of carboxylic acid groups (broad SMARTS) is 1. The molecule has 8 heteroatoms. The fraction of sp³-hybridized carbons (Fsp3) is 0.500. The summed E-state index contributed by atoms with van der Waals surface area (Å²) in [5.41, 5.74) is -0.587. The fourth-order valence-corrected chi connectivity index (χ4v) is 1.93. The molecule has 0 saturated heterocycles. The Balaban J connectivity index is 2.69. The van der Waals surface area contributed by atoms with Gasteiger partial charge in [0.15, 0.2) is 0 Å². The van der Waals surface area contributed by atoms with Crippen LogP contribution in [-0.2, 0) is 9.53 Å². The molecule has 1 aromatic rings. The molecular formula is C14H19BrN2O5. The SMILES string of the molecule is CC(C)(C)OCCC(NC(=O)c1c[nH]c(=O)c(Br)c1)C(=O)O. The lowest BCUT2D eigenvalue weighted by Crippen LogP contribution is -2.42. The van der Waals surface area contributed by atoms with Gasteiger partial charge in [-0.05, 0) is 42.8 Å². The zero-order valence-electron chi connectivity index (χ0n) is 12.6. The van der Waals surface area contributed by atoms with Crippen LogP contribution in [0.3, 0.4) is 0 Å². The molecule has 0 bridgehead atoms. The molecule has 0 saturated carbocycles. The van der Waals surface area contributed by atoms with E-state index < -0.39 is 17.9 Å². The number of hydrogen-bond donors (Lipinski definition) is 3. The van der Waals surface area contributed by atoms with Gasteiger partial charge in [-0.3, -0.25) is 9.59 Å². The Morgan fingerprint density at radius 2 is 2.09 bits per heavy atom. The number of aliphatic carboxylic acids is 1. The maximum atomic E-state index is 12.0. The Bertz CT molecular complexity index is 606. The number of hydrogen-bond acceptors (Lipinski definition) is 4. The van der Waals surface area contributed by atoms with Gasteiger partial charge >= 0.3 is 5.97 Å². The smallest absolute Gasteiger partial charge is 0.326 e. The molecule has 0 aromatic carbocycles. The Hall–Kier alpha value is -1.67. The molecule has 0 aliphatic rings. The van der Waals surface area contributed by atoms with Crippen LogP contribution in [0.2, 0.25) is 0 Å². The maximum Gasteiger partial charge on any atom is 0.326 e. The van der Waals surface area contributed by atoms with E-state index in [1.807, 2.05) is 20.8 Å². The first-order valence-corrected chi connectivity index (χ1v) is 7.45. The van der Waals surface area contributed by atoms with Gasteiger partial charge in [-0.25, -0.2) is 4.79 Å². The van der Waals surface area contributed by atoms with Crippen molar-refractivity contribution in [2.45, 2.75) is 38.8 Å². The molecular weight excluding hydrogens is 356 g/mol. The molecule has 122 valence electrons. The van der Waals surface area contributed by atoms with Crippen LogP contribution in [0.4, 0.5) is 0 Å². The van der Waals surface area contributed by atoms with E-state index in [-0.39, 0.29) is 34.2 Å². The summed E-state index contributed by atoms with van der Waals surface area (Å²) in [4.78, 5) is 36.8. The van der Waals surface area contributed by atoms with Crippen LogP contribution >= 0.6 is 15.9 Å². The average Bonchev–Trinajstić information content (AvgIpc) is 2.39. The summed E-state index contributed by atoms with van der Waals surface area (Å²) in [7, 11) is 0. The van der Waals surface area contributed by atoms with Crippen molar-refractivity contribution in [1.82, 2.24) is 10.3 Å². The van der Waals surface area contributed by atoms with E-state index in [1.165, 1.54) is 12.3 Å². The first kappa shape index (κ1) is 18.4. The predicted octanol–water partition coefficient (Wildman–Crippen LogP) is 1.53. The molecule has 1 rings (SSSR count). The minimum absolute atomic E-state index is 0.142. The second-order valence-corrected chi connectivity index (χ2v) is 6.53. The number of pyridine rings is 1. The molecule has 0 radical (unpaired) electrons. The van der Waals surface area contributed by atoms with E-state index >= 15 is 0 Å². The predicted molar refractivity (Wildman–Crippen MR) is 84.0 cm³/mol. The van der Waals surface area contributed by atoms with Crippen molar-refractivity contribution in [3.63, 3.8) is 0 Å². The van der Waals surface area contributed by atoms with Crippen LogP contribution in [-0.4, -0.2) is 40.2 Å². The first-order chi connectivity index (χ1) is 10.1. The second kappa shape index (κ2) is 7.55. The lowest BCUT2D eigenvalue weighted by atomic mass is 10.1. The fourth-order valence-electron chi connectivity index (χ4n) is 1.57. The highest BCUT2D eigenvalue weighted by molar-refractivity contribution is 9.10. The van der Waals surface area contributed by atoms with Gasteiger partial charge in [0.2, 0.25) is 0 Å². The quantitative estimate of drug-likeness (QED) is 0.699. The van der Waals surface area contributed by atoms with Crippen molar-refractivity contribution < 1.29 is 19.4 Å². The minimum atomic E-state index is -1.14. The topological polar surface area (TPSA) is 108 Å². The summed E-state index contributed by atoms with van der Waals surface area (Å²) >= 11 is 3.01. The molecule has 3 N–H and O–H groups in total. The highest BCUT2D eigenvalue weighted by atomic mass is 79.9. The molecule has 22 heavy (non-hydrogen) atoms. The van der Waals surface area contributed by atoms with Crippen LogP contribution in [0.1, 0.15) is 37.6 Å². The third kappa shape index (κ3) is 5.98. The summed E-state index contributed by atoms with van der Waals surface area (Å²) in [6.07, 6.45) is 1.37. The highest BCUT2D eigenvalue weighted by Gasteiger charge is 2.22. The van der Waals surface area contributed by atoms with Crippen LogP contribution in [0.15, 0.2) is 21.5 Å². The number of carbonyl (C=O) groups is 2. The number of amides is 1. The lowest BCUT2D eigenvalue weighted by Gasteiger charge is -2.21. The summed E-state index contributed by atoms with van der Waals surface area (Å²) in [5.74, 6) is -1.73. The number of rotatable bonds is 6. The number of nitrogens with one attached hydrogen (secondary N) is 2. The van der Waals surface area contributed by atoms with Crippen LogP contribution in [0.5, 0.6) is 0 Å². The molecule has 0 aliphatic heterocycles. The van der Waals surface area contributed by atoms with Gasteiger partial charge in [-0.2, -0.15) is 0 Å². The largest absolute Gasteiger partial charge is 0.480 e. The Labute approximate surface area is 136 Å². The van der Waals surface area contributed by atoms with E-state index in [4.69, 9.17) is 9.84 Å². The van der Waals surface area contributed by atoms with Crippen molar-refractivity contribution in [3.8, 4) is 0 Å². The molecule has 7 nitrogen and oxygen atoms in total. The number of ether oxygens (including phenoxy) is 1. The number of carbonyl (C=O) groups excluding carboxylic acids is 1. The van der Waals surface area contributed by atoms with Crippen LogP contribution < -0.4 is 10.9 Å². The summed E-state index contributed by atoms with van der Waals surface area (Å²) in [5, 5.41) is 11.6. The van der Waals surface area contributed by atoms with Gasteiger partial charge in [0.05, 0.1) is 15.6 Å². The maximum absolute atomic E-state index is 12.0. The van der Waals surface area contributed by atoms with Crippen molar-refractivity contribution in [2.24, 2.45) is 0 Å². The first-order valence-electron chi connectivity index (χ1n) is 6.66. The van der Waals surface area contributed by atoms with Gasteiger partial charge in [0.1, 0.15) is 6.04 Å². The summed E-state index contributed by atoms with van der Waals surface area (Å²) in [6, 6.07) is 0.263. The zero-order chi connectivity index (χ0) is 16.9. The number of halogens is 1. The van der Waals surface area contributed by atoms with Crippen LogP contribution in [0.25, 0.3) is 0 Å². The number of carboxylic acids is 1. The monoisotopic (exact) mass is 374 g/mol. The molecule has 1 amide bonds. The second-order valence-electron chi connectivity index (χ2n) is 5.68. The number of aromatic nitrogens is 1. The highest BCUT2D eigenvalue weighted by Crippen LogP contribution is 2.09. The van der Waals surface area contributed by atoms with Crippen molar-refractivity contribution in [1.29, 1.82) is 0 Å². The standard InChI is InChI=1S/C14H19BrN2O5/c1-14(2,3)22-5-4-10(13(20)21)17-11(18)8-6-9(15)12(19)16-7-8/h6-7,10H,4-5H2,1-3H3,(H,16,19)(H,17,18)(H,20,21). The minimum Gasteiger partial charge on any atom is -0.480 e. The molecule has 1 aromatic heterocycles. The molecule has 1 atom stereocenters. The Morgan fingerprint density at radius 3 is 2.59 bits per heavy atom. The summed E-state index contributed by atoms with van der Waals surface area (Å²) in [6.45, 7) is 5.79. The zero-order valence-corrected chi connectivity index (χ0v) is 14.2.